The van der Waals surface area contributed by atoms with Crippen molar-refractivity contribution in [1.29, 1.82) is 0 Å². The Kier molecular flexibility index (Phi) is 5.37. The van der Waals surface area contributed by atoms with E-state index in [1.807, 2.05) is 0 Å². The third-order valence-electron chi connectivity index (χ3n) is 2.82. The first-order valence-corrected chi connectivity index (χ1v) is 6.78. The van der Waals surface area contributed by atoms with Gasteiger partial charge in [-0.25, -0.2) is 9.18 Å². The first-order valence-electron chi connectivity index (χ1n) is 6.78. The number of urea groups is 1. The van der Waals surface area contributed by atoms with Crippen LogP contribution in [0.5, 0.6) is 5.75 Å². The minimum atomic E-state index is -0.944. The lowest BCUT2D eigenvalue weighted by molar-refractivity contribution is 0.149. The van der Waals surface area contributed by atoms with E-state index in [0.717, 1.165) is 0 Å². The average Bonchev–Trinajstić information content (AvgIpc) is 3.02. The normalized spacial score (nSPS) is 11.8. The molecule has 2 aromatic rings. The summed E-state index contributed by atoms with van der Waals surface area (Å²) in [7, 11) is 0. The van der Waals surface area contributed by atoms with Crippen LogP contribution in [0.1, 0.15) is 18.8 Å². The van der Waals surface area contributed by atoms with Crippen LogP contribution in [0.15, 0.2) is 41.0 Å². The van der Waals surface area contributed by atoms with Gasteiger partial charge in [-0.05, 0) is 31.2 Å². The first-order chi connectivity index (χ1) is 10.6. The molecule has 6 nitrogen and oxygen atoms in total. The van der Waals surface area contributed by atoms with E-state index >= 15 is 0 Å². The molecule has 0 fully saturated rings. The molecule has 0 aliphatic heterocycles. The Bertz CT molecular complexity index is 616. The van der Waals surface area contributed by atoms with Gasteiger partial charge in [-0.15, -0.1) is 0 Å². The van der Waals surface area contributed by atoms with Crippen molar-refractivity contribution in [2.75, 3.05) is 18.5 Å². The molecule has 0 saturated carbocycles. The van der Waals surface area contributed by atoms with E-state index in [1.165, 1.54) is 24.5 Å². The Labute approximate surface area is 126 Å². The largest absolute Gasteiger partial charge is 0.492 e. The van der Waals surface area contributed by atoms with Crippen molar-refractivity contribution in [2.45, 2.75) is 13.0 Å². The standard InChI is InChI=1S/C15H17FN2O4/c1-2-21-14-8-10(16)5-6-11(14)18-15(20)17-9-12(19)13-4-3-7-22-13/h3-8,12,19H,2,9H2,1H3,(H2,17,18,20). The van der Waals surface area contributed by atoms with Crippen LogP contribution in [-0.4, -0.2) is 24.3 Å². The van der Waals surface area contributed by atoms with E-state index in [-0.39, 0.29) is 12.3 Å². The summed E-state index contributed by atoms with van der Waals surface area (Å²) in [4.78, 5) is 11.8. The predicted molar refractivity (Wildman–Crippen MR) is 78.3 cm³/mol. The third-order valence-corrected chi connectivity index (χ3v) is 2.82. The fraction of sp³-hybridized carbons (Fsp3) is 0.267. The number of carbonyl (C=O) groups is 1. The fourth-order valence-corrected chi connectivity index (χ4v) is 1.81. The molecule has 3 N–H and O–H groups in total. The number of aliphatic hydroxyl groups is 1. The topological polar surface area (TPSA) is 83.7 Å². The van der Waals surface area contributed by atoms with Gasteiger partial charge in [-0.3, -0.25) is 0 Å². The summed E-state index contributed by atoms with van der Waals surface area (Å²) < 4.78 is 23.5. The molecule has 1 aromatic carbocycles. The molecule has 1 aromatic heterocycles. The van der Waals surface area contributed by atoms with Gasteiger partial charge in [0.1, 0.15) is 23.4 Å². The van der Waals surface area contributed by atoms with E-state index in [0.29, 0.717) is 18.1 Å². The average molecular weight is 308 g/mol. The number of hydrogen-bond acceptors (Lipinski definition) is 4. The Hall–Kier alpha value is -2.54. The number of benzene rings is 1. The van der Waals surface area contributed by atoms with Gasteiger partial charge in [-0.2, -0.15) is 0 Å². The van der Waals surface area contributed by atoms with Crippen LogP contribution < -0.4 is 15.4 Å². The molecule has 0 spiro atoms. The molecule has 118 valence electrons. The Morgan fingerprint density at radius 2 is 2.27 bits per heavy atom. The monoisotopic (exact) mass is 308 g/mol. The predicted octanol–water partition coefficient (Wildman–Crippen LogP) is 2.67. The molecule has 1 atom stereocenters. The van der Waals surface area contributed by atoms with Crippen LogP contribution in [0.2, 0.25) is 0 Å². The highest BCUT2D eigenvalue weighted by Crippen LogP contribution is 2.25. The van der Waals surface area contributed by atoms with Crippen molar-refractivity contribution in [1.82, 2.24) is 5.32 Å². The van der Waals surface area contributed by atoms with Crippen molar-refractivity contribution in [3.05, 3.63) is 48.2 Å². The molecular weight excluding hydrogens is 291 g/mol. The molecule has 1 unspecified atom stereocenters. The van der Waals surface area contributed by atoms with Gasteiger partial charge >= 0.3 is 6.03 Å². The van der Waals surface area contributed by atoms with Gasteiger partial charge in [0.05, 0.1) is 25.1 Å². The van der Waals surface area contributed by atoms with E-state index in [1.54, 1.807) is 19.1 Å². The van der Waals surface area contributed by atoms with Gasteiger partial charge in [0, 0.05) is 6.07 Å². The summed E-state index contributed by atoms with van der Waals surface area (Å²) in [6.07, 6.45) is 0.492. The maximum absolute atomic E-state index is 13.2. The quantitative estimate of drug-likeness (QED) is 0.766. The Morgan fingerprint density at radius 3 is 2.95 bits per heavy atom. The minimum absolute atomic E-state index is 0.0233. The molecule has 0 aliphatic rings. The van der Waals surface area contributed by atoms with Gasteiger partial charge in [0.15, 0.2) is 0 Å². The van der Waals surface area contributed by atoms with Crippen molar-refractivity contribution in [3.63, 3.8) is 0 Å². The lowest BCUT2D eigenvalue weighted by Gasteiger charge is -2.13. The summed E-state index contributed by atoms with van der Waals surface area (Å²) in [5, 5.41) is 14.8. The van der Waals surface area contributed by atoms with Gasteiger partial charge in [0.2, 0.25) is 0 Å². The molecule has 7 heteroatoms. The lowest BCUT2D eigenvalue weighted by atomic mass is 10.2. The van der Waals surface area contributed by atoms with E-state index < -0.39 is 18.0 Å². The number of halogens is 1. The number of amides is 2. The number of furan rings is 1. The summed E-state index contributed by atoms with van der Waals surface area (Å²) in [6.45, 7) is 2.08. The maximum atomic E-state index is 13.2. The van der Waals surface area contributed by atoms with E-state index in [9.17, 15) is 14.3 Å². The highest BCUT2D eigenvalue weighted by atomic mass is 19.1. The molecular formula is C15H17FN2O4. The smallest absolute Gasteiger partial charge is 0.319 e. The van der Waals surface area contributed by atoms with Crippen molar-refractivity contribution in [2.24, 2.45) is 0 Å². The van der Waals surface area contributed by atoms with Crippen LogP contribution in [0.3, 0.4) is 0 Å². The number of carbonyl (C=O) groups excluding carboxylic acids is 1. The summed E-state index contributed by atoms with van der Waals surface area (Å²) in [5.41, 5.74) is 0.341. The van der Waals surface area contributed by atoms with Crippen molar-refractivity contribution in [3.8, 4) is 5.75 Å². The minimum Gasteiger partial charge on any atom is -0.492 e. The second-order valence-corrected chi connectivity index (χ2v) is 4.44. The maximum Gasteiger partial charge on any atom is 0.319 e. The highest BCUT2D eigenvalue weighted by Gasteiger charge is 2.13. The molecule has 0 saturated heterocycles. The molecule has 2 amide bonds. The Morgan fingerprint density at radius 1 is 1.45 bits per heavy atom. The zero-order valence-electron chi connectivity index (χ0n) is 12.0. The van der Waals surface area contributed by atoms with Crippen LogP contribution in [0, 0.1) is 5.82 Å². The molecule has 0 radical (unpaired) electrons. The lowest BCUT2D eigenvalue weighted by Crippen LogP contribution is -2.32. The van der Waals surface area contributed by atoms with E-state index in [2.05, 4.69) is 10.6 Å². The molecule has 22 heavy (non-hydrogen) atoms. The van der Waals surface area contributed by atoms with Crippen LogP contribution in [0.25, 0.3) is 0 Å². The van der Waals surface area contributed by atoms with Crippen LogP contribution in [0.4, 0.5) is 14.9 Å². The summed E-state index contributed by atoms with van der Waals surface area (Å²) in [6, 6.07) is 6.52. The number of ether oxygens (including phenoxy) is 1. The second kappa shape index (κ2) is 7.46. The number of anilines is 1. The van der Waals surface area contributed by atoms with Gasteiger partial charge < -0.3 is 24.9 Å². The molecule has 0 bridgehead atoms. The van der Waals surface area contributed by atoms with Gasteiger partial charge in [0.25, 0.3) is 0 Å². The van der Waals surface area contributed by atoms with Crippen LogP contribution >= 0.6 is 0 Å². The third kappa shape index (κ3) is 4.23. The number of aliphatic hydroxyl groups excluding tert-OH is 1. The van der Waals surface area contributed by atoms with Crippen molar-refractivity contribution < 1.29 is 23.4 Å². The highest BCUT2D eigenvalue weighted by molar-refractivity contribution is 5.90. The summed E-state index contributed by atoms with van der Waals surface area (Å²) in [5.74, 6) is 0.143. The SMILES string of the molecule is CCOc1cc(F)ccc1NC(=O)NCC(O)c1ccco1. The van der Waals surface area contributed by atoms with Crippen LogP contribution in [-0.2, 0) is 0 Å². The summed E-state index contributed by atoms with van der Waals surface area (Å²) >= 11 is 0. The van der Waals surface area contributed by atoms with E-state index in [4.69, 9.17) is 9.15 Å². The zero-order valence-corrected chi connectivity index (χ0v) is 12.0. The fourth-order valence-electron chi connectivity index (χ4n) is 1.81. The Balaban J connectivity index is 1.92. The molecule has 2 rings (SSSR count). The molecule has 0 aliphatic carbocycles. The number of rotatable bonds is 6. The number of nitrogens with one attached hydrogen (secondary N) is 2. The van der Waals surface area contributed by atoms with Gasteiger partial charge in [-0.1, -0.05) is 0 Å². The zero-order chi connectivity index (χ0) is 15.9. The number of hydrogen-bond donors (Lipinski definition) is 3. The second-order valence-electron chi connectivity index (χ2n) is 4.44. The first kappa shape index (κ1) is 15.8. The van der Waals surface area contributed by atoms with Crippen molar-refractivity contribution >= 4 is 11.7 Å². The molecule has 1 heterocycles.